The van der Waals surface area contributed by atoms with Crippen molar-refractivity contribution in [2.24, 2.45) is 5.10 Å². The van der Waals surface area contributed by atoms with Gasteiger partial charge in [0.05, 0.1) is 16.0 Å². The number of pyridine rings is 1. The Morgan fingerprint density at radius 2 is 2.12 bits per heavy atom. The lowest BCUT2D eigenvalue weighted by Gasteiger charge is -2.02. The van der Waals surface area contributed by atoms with Gasteiger partial charge in [0.15, 0.2) is 5.16 Å². The van der Waals surface area contributed by atoms with Gasteiger partial charge in [-0.3, -0.25) is 25.0 Å². The number of aromatic nitrogens is 4. The maximum atomic E-state index is 11.9. The first-order valence-corrected chi connectivity index (χ1v) is 8.00. The molecule has 10 nitrogen and oxygen atoms in total. The quantitative estimate of drug-likeness (QED) is 0.385. The van der Waals surface area contributed by atoms with Gasteiger partial charge in [0, 0.05) is 29.6 Å². The Balaban J connectivity index is 1.73. The summed E-state index contributed by atoms with van der Waals surface area (Å²) in [6.45, 7) is 0. The molecule has 0 aliphatic rings. The third-order valence-electron chi connectivity index (χ3n) is 3.10. The normalized spacial score (nSPS) is 10.8. The fraction of sp³-hybridized carbons (Fsp3) is 0. The average Bonchev–Trinajstić information content (AvgIpc) is 3.16. The zero-order valence-corrected chi connectivity index (χ0v) is 13.9. The lowest BCUT2D eigenvalue weighted by molar-refractivity contribution is -0.387. The first-order chi connectivity index (χ1) is 12.6. The molecular weight excluding hydrogens is 358 g/mol. The number of rotatable bonds is 6. The highest BCUT2D eigenvalue weighted by atomic mass is 32.2. The largest absolute Gasteiger partial charge is 0.283 e. The Hall–Kier alpha value is -3.60. The average molecular weight is 369 g/mol. The monoisotopic (exact) mass is 369 g/mol. The van der Waals surface area contributed by atoms with E-state index in [4.69, 9.17) is 0 Å². The molecule has 0 saturated carbocycles. The van der Waals surface area contributed by atoms with Crippen LogP contribution in [0, 0.1) is 10.1 Å². The molecule has 0 saturated heterocycles. The topological polar surface area (TPSA) is 139 Å². The molecule has 1 aromatic carbocycles. The van der Waals surface area contributed by atoms with Crippen molar-refractivity contribution >= 4 is 29.6 Å². The molecule has 0 atom stereocenters. The number of H-pyrrole nitrogens is 1. The Bertz CT molecular complexity index is 945. The van der Waals surface area contributed by atoms with E-state index in [9.17, 15) is 14.9 Å². The maximum Gasteiger partial charge on any atom is 0.283 e. The van der Waals surface area contributed by atoms with Crippen molar-refractivity contribution < 1.29 is 9.72 Å². The molecule has 130 valence electrons. The smallest absolute Gasteiger partial charge is 0.267 e. The van der Waals surface area contributed by atoms with Crippen LogP contribution in [0.1, 0.15) is 15.9 Å². The summed E-state index contributed by atoms with van der Waals surface area (Å²) in [4.78, 5) is 30.8. The molecule has 0 aliphatic heterocycles. The van der Waals surface area contributed by atoms with Crippen LogP contribution in [-0.2, 0) is 0 Å². The summed E-state index contributed by atoms with van der Waals surface area (Å²) in [5.41, 5.74) is 3.12. The molecule has 0 spiro atoms. The molecule has 26 heavy (non-hydrogen) atoms. The molecule has 0 bridgehead atoms. The minimum atomic E-state index is -0.494. The zero-order chi connectivity index (χ0) is 18.4. The molecule has 2 aromatic heterocycles. The van der Waals surface area contributed by atoms with Crippen molar-refractivity contribution in [2.45, 2.75) is 10.1 Å². The van der Waals surface area contributed by atoms with Crippen molar-refractivity contribution in [1.82, 2.24) is 25.6 Å². The second-order valence-corrected chi connectivity index (χ2v) is 5.84. The summed E-state index contributed by atoms with van der Waals surface area (Å²) in [7, 11) is 0. The van der Waals surface area contributed by atoms with E-state index in [1.54, 1.807) is 24.3 Å². The van der Waals surface area contributed by atoms with Gasteiger partial charge in [-0.05, 0) is 30.0 Å². The van der Waals surface area contributed by atoms with Crippen molar-refractivity contribution in [3.8, 4) is 0 Å². The Morgan fingerprint density at radius 1 is 1.31 bits per heavy atom. The number of aromatic amines is 1. The van der Waals surface area contributed by atoms with Gasteiger partial charge in [0.25, 0.3) is 11.6 Å². The van der Waals surface area contributed by atoms with E-state index in [0.717, 1.165) is 11.8 Å². The predicted octanol–water partition coefficient (Wildman–Crippen LogP) is 2.02. The molecule has 3 rings (SSSR count). The molecule has 0 unspecified atom stereocenters. The Labute approximate surface area is 150 Å². The summed E-state index contributed by atoms with van der Waals surface area (Å²) >= 11 is 1.09. The molecular formula is C15H11N7O3S. The van der Waals surface area contributed by atoms with Gasteiger partial charge in [-0.15, -0.1) is 0 Å². The van der Waals surface area contributed by atoms with Gasteiger partial charge in [-0.2, -0.15) is 10.2 Å². The maximum absolute atomic E-state index is 11.9. The summed E-state index contributed by atoms with van der Waals surface area (Å²) in [5, 5.41) is 21.9. The Morgan fingerprint density at radius 3 is 2.81 bits per heavy atom. The van der Waals surface area contributed by atoms with Gasteiger partial charge in [0.2, 0.25) is 0 Å². The number of nitrogens with one attached hydrogen (secondary N) is 2. The number of nitrogens with zero attached hydrogens (tertiary/aromatic N) is 5. The summed E-state index contributed by atoms with van der Waals surface area (Å²) in [5.74, 6) is -0.407. The van der Waals surface area contributed by atoms with Crippen molar-refractivity contribution in [1.29, 1.82) is 0 Å². The number of benzene rings is 1. The minimum Gasteiger partial charge on any atom is -0.267 e. The van der Waals surface area contributed by atoms with Crippen molar-refractivity contribution in [3.05, 3.63) is 70.3 Å². The molecule has 11 heteroatoms. The number of nitro groups is 1. The SMILES string of the molecule is O=C(N/N=C\c1ccc(Sc2ncn[nH]2)c([N+](=O)[O-])c1)c1ccncc1. The van der Waals surface area contributed by atoms with E-state index >= 15 is 0 Å². The highest BCUT2D eigenvalue weighted by Crippen LogP contribution is 2.33. The summed E-state index contributed by atoms with van der Waals surface area (Å²) in [6, 6.07) is 7.68. The molecule has 3 aromatic rings. The number of hydrazone groups is 1. The summed E-state index contributed by atoms with van der Waals surface area (Å²) < 4.78 is 0. The van der Waals surface area contributed by atoms with E-state index in [2.05, 4.69) is 30.7 Å². The van der Waals surface area contributed by atoms with Crippen LogP contribution in [0.15, 0.2) is 64.2 Å². The minimum absolute atomic E-state index is 0.101. The highest BCUT2D eigenvalue weighted by Gasteiger charge is 2.16. The van der Waals surface area contributed by atoms with E-state index in [1.807, 2.05) is 0 Å². The van der Waals surface area contributed by atoms with E-state index in [1.165, 1.54) is 31.0 Å². The highest BCUT2D eigenvalue weighted by molar-refractivity contribution is 7.99. The van der Waals surface area contributed by atoms with Crippen molar-refractivity contribution in [2.75, 3.05) is 0 Å². The third kappa shape index (κ3) is 4.27. The van der Waals surface area contributed by atoms with Crippen LogP contribution in [0.5, 0.6) is 0 Å². The first kappa shape index (κ1) is 17.2. The fourth-order valence-corrected chi connectivity index (χ4v) is 2.71. The number of carbonyl (C=O) groups is 1. The second kappa shape index (κ2) is 7.98. The van der Waals surface area contributed by atoms with Gasteiger partial charge in [0.1, 0.15) is 6.33 Å². The fourth-order valence-electron chi connectivity index (χ4n) is 1.92. The molecule has 1 amide bonds. The number of carbonyl (C=O) groups excluding carboxylic acids is 1. The van der Waals surface area contributed by atoms with Gasteiger partial charge in [-0.1, -0.05) is 6.07 Å². The van der Waals surface area contributed by atoms with Crippen LogP contribution >= 0.6 is 11.8 Å². The molecule has 0 radical (unpaired) electrons. The lowest BCUT2D eigenvalue weighted by atomic mass is 10.2. The predicted molar refractivity (Wildman–Crippen MR) is 92.9 cm³/mol. The standard InChI is InChI=1S/C15H11N7O3S/c23-14(11-3-5-16-6-4-11)20-18-8-10-1-2-13(12(7-10)22(24)25)26-15-17-9-19-21-15/h1-9H,(H,20,23)(H,17,19,21)/b18-8-. The van der Waals surface area contributed by atoms with Gasteiger partial charge in [-0.25, -0.2) is 10.4 Å². The zero-order valence-electron chi connectivity index (χ0n) is 13.1. The molecule has 2 heterocycles. The third-order valence-corrected chi connectivity index (χ3v) is 4.06. The lowest BCUT2D eigenvalue weighted by Crippen LogP contribution is -2.17. The number of nitro benzene ring substituents is 1. The molecule has 0 fully saturated rings. The van der Waals surface area contributed by atoms with Gasteiger partial charge < -0.3 is 0 Å². The molecule has 0 aliphatic carbocycles. The van der Waals surface area contributed by atoms with Gasteiger partial charge >= 0.3 is 0 Å². The van der Waals surface area contributed by atoms with Crippen LogP contribution in [0.25, 0.3) is 0 Å². The van der Waals surface area contributed by atoms with E-state index < -0.39 is 10.8 Å². The Kier molecular flexibility index (Phi) is 5.29. The van der Waals surface area contributed by atoms with Crippen LogP contribution in [0.3, 0.4) is 0 Å². The summed E-state index contributed by atoms with van der Waals surface area (Å²) in [6.07, 6.45) is 5.63. The van der Waals surface area contributed by atoms with Crippen LogP contribution < -0.4 is 5.43 Å². The molecule has 2 N–H and O–H groups in total. The second-order valence-electron chi connectivity index (χ2n) is 4.81. The number of amides is 1. The van der Waals surface area contributed by atoms with Crippen molar-refractivity contribution in [3.63, 3.8) is 0 Å². The van der Waals surface area contributed by atoms with Crippen LogP contribution in [-0.4, -0.2) is 37.2 Å². The first-order valence-electron chi connectivity index (χ1n) is 7.18. The number of hydrogen-bond acceptors (Lipinski definition) is 8. The van der Waals surface area contributed by atoms with Crippen LogP contribution in [0.2, 0.25) is 0 Å². The van der Waals surface area contributed by atoms with E-state index in [-0.39, 0.29) is 5.69 Å². The number of hydrogen-bond donors (Lipinski definition) is 2. The van der Waals surface area contributed by atoms with Crippen LogP contribution in [0.4, 0.5) is 5.69 Å². The van der Waals surface area contributed by atoms with E-state index in [0.29, 0.717) is 21.2 Å².